The van der Waals surface area contributed by atoms with Gasteiger partial charge in [-0.05, 0) is 15.9 Å². The van der Waals surface area contributed by atoms with Crippen LogP contribution in [0.2, 0.25) is 5.02 Å². The quantitative estimate of drug-likeness (QED) is 0.745. The first-order chi connectivity index (χ1) is 8.29. The Morgan fingerprint density at radius 1 is 1.50 bits per heavy atom. The second-order valence-corrected chi connectivity index (χ2v) is 7.93. The highest BCUT2D eigenvalue weighted by Gasteiger charge is 2.38. The Hall–Kier alpha value is -0.370. The third-order valence-corrected chi connectivity index (χ3v) is 5.60. The predicted octanol–water partition coefficient (Wildman–Crippen LogP) is 2.17. The molecule has 0 bridgehead atoms. The van der Waals surface area contributed by atoms with Crippen LogP contribution < -0.4 is 4.90 Å². The number of carbonyl (C=O) groups is 1. The molecule has 5 nitrogen and oxygen atoms in total. The molecule has 1 saturated heterocycles. The molecule has 1 aromatic rings. The average Bonchev–Trinajstić information content (AvgIpc) is 2.64. The van der Waals surface area contributed by atoms with Gasteiger partial charge in [0.15, 0.2) is 0 Å². The second-order valence-electron chi connectivity index (χ2n) is 3.76. The summed E-state index contributed by atoms with van der Waals surface area (Å²) < 4.78 is 23.0. The maximum atomic E-state index is 11.7. The number of aromatic nitrogens is 1. The zero-order valence-corrected chi connectivity index (χ0v) is 12.7. The van der Waals surface area contributed by atoms with Crippen molar-refractivity contribution in [1.82, 2.24) is 4.98 Å². The van der Waals surface area contributed by atoms with Crippen LogP contribution in [0.5, 0.6) is 0 Å². The first-order valence-corrected chi connectivity index (χ1v) is 8.38. The normalized spacial score (nSPS) is 20.5. The van der Waals surface area contributed by atoms with Gasteiger partial charge < -0.3 is 0 Å². The first kappa shape index (κ1) is 14.0. The molecule has 0 aromatic carbocycles. The molecular formula is C9H7BrCl2N2O3S. The van der Waals surface area contributed by atoms with Crippen LogP contribution in [0.15, 0.2) is 16.7 Å². The molecule has 1 aliphatic rings. The third kappa shape index (κ3) is 2.79. The van der Waals surface area contributed by atoms with E-state index in [-0.39, 0.29) is 18.9 Å². The summed E-state index contributed by atoms with van der Waals surface area (Å²) >= 11 is 9.08. The predicted molar refractivity (Wildman–Crippen MR) is 72.5 cm³/mol. The van der Waals surface area contributed by atoms with E-state index in [1.54, 1.807) is 0 Å². The van der Waals surface area contributed by atoms with Crippen LogP contribution in [0.1, 0.15) is 6.42 Å². The highest BCUT2D eigenvalue weighted by Crippen LogP contribution is 2.29. The summed E-state index contributed by atoms with van der Waals surface area (Å²) in [5.74, 6) is -0.0221. The van der Waals surface area contributed by atoms with Gasteiger partial charge in [-0.1, -0.05) is 11.6 Å². The van der Waals surface area contributed by atoms with E-state index < -0.39 is 14.3 Å². The number of rotatable bonds is 2. The van der Waals surface area contributed by atoms with Gasteiger partial charge in [-0.15, -0.1) is 0 Å². The van der Waals surface area contributed by atoms with Gasteiger partial charge in [0, 0.05) is 35.9 Å². The summed E-state index contributed by atoms with van der Waals surface area (Å²) in [6, 6.07) is 1.49. The molecule has 1 aliphatic heterocycles. The van der Waals surface area contributed by atoms with Crippen LogP contribution in [-0.2, 0) is 13.8 Å². The minimum Gasteiger partial charge on any atom is -0.295 e. The largest absolute Gasteiger partial charge is 0.295 e. The molecule has 1 unspecified atom stereocenters. The van der Waals surface area contributed by atoms with Crippen molar-refractivity contribution < 1.29 is 13.2 Å². The third-order valence-electron chi connectivity index (χ3n) is 2.56. The molecular weight excluding hydrogens is 367 g/mol. The highest BCUT2D eigenvalue weighted by molar-refractivity contribution is 9.10. The Morgan fingerprint density at radius 2 is 2.17 bits per heavy atom. The number of anilines is 1. The van der Waals surface area contributed by atoms with E-state index in [4.69, 9.17) is 22.3 Å². The summed E-state index contributed by atoms with van der Waals surface area (Å²) in [4.78, 5) is 17.0. The minimum absolute atomic E-state index is 0.00434. The molecule has 2 heterocycles. The van der Waals surface area contributed by atoms with E-state index in [1.807, 2.05) is 0 Å². The summed E-state index contributed by atoms with van der Waals surface area (Å²) in [6.45, 7) is -0.00434. The van der Waals surface area contributed by atoms with Crippen LogP contribution in [0.25, 0.3) is 0 Å². The molecule has 0 saturated carbocycles. The summed E-state index contributed by atoms with van der Waals surface area (Å²) in [5, 5.41) is -0.513. The van der Waals surface area contributed by atoms with Gasteiger partial charge in [0.2, 0.25) is 15.0 Å². The smallest absolute Gasteiger partial charge is 0.237 e. The van der Waals surface area contributed by atoms with Gasteiger partial charge in [-0.3, -0.25) is 9.69 Å². The standard InChI is InChI=1S/C9H7BrCl2N2O3S/c10-6-3-13-8(2-7(6)11)14-4-5(1-9(14)15)18(12,16)17/h2-3,5H,1,4H2. The van der Waals surface area contributed by atoms with E-state index in [0.717, 1.165) is 0 Å². The molecule has 1 fully saturated rings. The monoisotopic (exact) mass is 372 g/mol. The maximum Gasteiger partial charge on any atom is 0.237 e. The van der Waals surface area contributed by atoms with Gasteiger partial charge in [0.1, 0.15) is 11.1 Å². The van der Waals surface area contributed by atoms with E-state index in [1.165, 1.54) is 17.2 Å². The van der Waals surface area contributed by atoms with E-state index >= 15 is 0 Å². The summed E-state index contributed by atoms with van der Waals surface area (Å²) in [7, 11) is 1.50. The second kappa shape index (κ2) is 4.96. The highest BCUT2D eigenvalue weighted by atomic mass is 79.9. The molecule has 2 rings (SSSR count). The number of hydrogen-bond donors (Lipinski definition) is 0. The van der Waals surface area contributed by atoms with Crippen molar-refractivity contribution in [1.29, 1.82) is 0 Å². The lowest BCUT2D eigenvalue weighted by molar-refractivity contribution is -0.117. The molecule has 9 heteroatoms. The Morgan fingerprint density at radius 3 is 2.67 bits per heavy atom. The number of halogens is 3. The van der Waals surface area contributed by atoms with Crippen molar-refractivity contribution in [2.75, 3.05) is 11.4 Å². The molecule has 1 aromatic heterocycles. The van der Waals surface area contributed by atoms with Crippen molar-refractivity contribution in [2.24, 2.45) is 0 Å². The minimum atomic E-state index is -3.75. The van der Waals surface area contributed by atoms with E-state index in [9.17, 15) is 13.2 Å². The van der Waals surface area contributed by atoms with E-state index in [2.05, 4.69) is 20.9 Å². The lowest BCUT2D eigenvalue weighted by Gasteiger charge is -2.15. The fraction of sp³-hybridized carbons (Fsp3) is 0.333. The SMILES string of the molecule is O=C1CC(S(=O)(=O)Cl)CN1c1cc(Cl)c(Br)cn1. The Bertz CT molecular complexity index is 608. The Balaban J connectivity index is 2.30. The molecule has 0 radical (unpaired) electrons. The Kier molecular flexibility index (Phi) is 3.87. The van der Waals surface area contributed by atoms with Crippen molar-refractivity contribution in [2.45, 2.75) is 11.7 Å². The topological polar surface area (TPSA) is 67.3 Å². The maximum absolute atomic E-state index is 11.7. The zero-order chi connectivity index (χ0) is 13.5. The molecule has 1 atom stereocenters. The van der Waals surface area contributed by atoms with Gasteiger partial charge >= 0.3 is 0 Å². The van der Waals surface area contributed by atoms with Gasteiger partial charge in [0.25, 0.3) is 0 Å². The molecule has 0 aliphatic carbocycles. The zero-order valence-electron chi connectivity index (χ0n) is 8.81. The van der Waals surface area contributed by atoms with Crippen LogP contribution in [-0.4, -0.2) is 31.1 Å². The van der Waals surface area contributed by atoms with E-state index in [0.29, 0.717) is 15.3 Å². The van der Waals surface area contributed by atoms with Gasteiger partial charge in [-0.25, -0.2) is 13.4 Å². The van der Waals surface area contributed by atoms with Crippen molar-refractivity contribution in [3.8, 4) is 0 Å². The summed E-state index contributed by atoms with van der Waals surface area (Å²) in [6.07, 6.45) is 1.31. The fourth-order valence-electron chi connectivity index (χ4n) is 1.64. The van der Waals surface area contributed by atoms with Crippen LogP contribution in [0.4, 0.5) is 5.82 Å². The Labute approximate surface area is 122 Å². The molecule has 0 spiro atoms. The number of hydrogen-bond acceptors (Lipinski definition) is 4. The molecule has 0 N–H and O–H groups in total. The molecule has 98 valence electrons. The summed E-state index contributed by atoms with van der Waals surface area (Å²) in [5.41, 5.74) is 0. The number of carbonyl (C=O) groups excluding carboxylic acids is 1. The van der Waals surface area contributed by atoms with Crippen molar-refractivity contribution in [3.63, 3.8) is 0 Å². The van der Waals surface area contributed by atoms with Crippen LogP contribution in [0.3, 0.4) is 0 Å². The van der Waals surface area contributed by atoms with Crippen LogP contribution in [0, 0.1) is 0 Å². The molecule has 18 heavy (non-hydrogen) atoms. The molecule has 1 amide bonds. The fourth-order valence-corrected chi connectivity index (χ4v) is 3.03. The van der Waals surface area contributed by atoms with Crippen molar-refractivity contribution >= 4 is 59.0 Å². The number of pyridine rings is 1. The van der Waals surface area contributed by atoms with Crippen LogP contribution >= 0.6 is 38.2 Å². The van der Waals surface area contributed by atoms with Gasteiger partial charge in [-0.2, -0.15) is 0 Å². The number of nitrogens with zero attached hydrogens (tertiary/aromatic N) is 2. The lowest BCUT2D eigenvalue weighted by atomic mass is 10.4. The van der Waals surface area contributed by atoms with Gasteiger partial charge in [0.05, 0.1) is 9.50 Å². The lowest BCUT2D eigenvalue weighted by Crippen LogP contribution is -2.27. The van der Waals surface area contributed by atoms with Crippen molar-refractivity contribution in [3.05, 3.63) is 21.8 Å². The number of amides is 1. The average molecular weight is 374 g/mol. The first-order valence-electron chi connectivity index (χ1n) is 4.84.